The van der Waals surface area contributed by atoms with Gasteiger partial charge in [0.1, 0.15) is 11.5 Å². The standard InChI is InChI=1S/C19H22BrNO3/c1-13-5-8-17(9-6-13)24-14(2)19(22)21(3)12-15-11-16(20)7-10-18(15)23-4/h5-11,14H,12H2,1-4H3. The molecule has 0 saturated carbocycles. The summed E-state index contributed by atoms with van der Waals surface area (Å²) in [6.07, 6.45) is -0.559. The molecule has 128 valence electrons. The molecule has 5 heteroatoms. The van der Waals surface area contributed by atoms with Crippen molar-refractivity contribution in [2.24, 2.45) is 0 Å². The Morgan fingerprint density at radius 1 is 1.21 bits per heavy atom. The Morgan fingerprint density at radius 3 is 2.50 bits per heavy atom. The minimum atomic E-state index is -0.559. The fraction of sp³-hybridized carbons (Fsp3) is 0.316. The molecule has 0 aromatic heterocycles. The normalized spacial score (nSPS) is 11.7. The molecule has 0 aliphatic rings. The molecule has 0 spiro atoms. The van der Waals surface area contributed by atoms with E-state index < -0.39 is 6.10 Å². The Hall–Kier alpha value is -2.01. The molecular formula is C19H22BrNO3. The number of aryl methyl sites for hydroxylation is 1. The van der Waals surface area contributed by atoms with Crippen molar-refractivity contribution >= 4 is 21.8 Å². The molecule has 2 aromatic carbocycles. The number of halogens is 1. The molecule has 2 rings (SSSR count). The topological polar surface area (TPSA) is 38.8 Å². The average molecular weight is 392 g/mol. The number of hydrogen-bond donors (Lipinski definition) is 0. The molecule has 0 bridgehead atoms. The summed E-state index contributed by atoms with van der Waals surface area (Å²) < 4.78 is 12.0. The third kappa shape index (κ3) is 4.74. The Morgan fingerprint density at radius 2 is 1.88 bits per heavy atom. The number of ether oxygens (including phenoxy) is 2. The van der Waals surface area contributed by atoms with Crippen LogP contribution in [-0.4, -0.2) is 31.1 Å². The second-order valence-electron chi connectivity index (χ2n) is 5.72. The second kappa shape index (κ2) is 8.20. The summed E-state index contributed by atoms with van der Waals surface area (Å²) in [6, 6.07) is 13.4. The second-order valence-corrected chi connectivity index (χ2v) is 6.64. The molecule has 1 unspecified atom stereocenters. The third-order valence-electron chi connectivity index (χ3n) is 3.71. The number of methoxy groups -OCH3 is 1. The molecule has 1 atom stereocenters. The third-order valence-corrected chi connectivity index (χ3v) is 4.20. The van der Waals surface area contributed by atoms with Crippen LogP contribution in [0.15, 0.2) is 46.9 Å². The van der Waals surface area contributed by atoms with Crippen molar-refractivity contribution in [2.75, 3.05) is 14.2 Å². The number of carbonyl (C=O) groups is 1. The highest BCUT2D eigenvalue weighted by Crippen LogP contribution is 2.24. The largest absolute Gasteiger partial charge is 0.496 e. The zero-order valence-corrected chi connectivity index (χ0v) is 16.0. The van der Waals surface area contributed by atoms with Gasteiger partial charge in [0.25, 0.3) is 5.91 Å². The number of nitrogens with zero attached hydrogens (tertiary/aromatic N) is 1. The number of amides is 1. The van der Waals surface area contributed by atoms with Crippen LogP contribution in [0, 0.1) is 6.92 Å². The van der Waals surface area contributed by atoms with Gasteiger partial charge in [-0.05, 0) is 44.2 Å². The van der Waals surface area contributed by atoms with Crippen LogP contribution in [0.25, 0.3) is 0 Å². The van der Waals surface area contributed by atoms with Gasteiger partial charge in [0, 0.05) is 23.6 Å². The van der Waals surface area contributed by atoms with E-state index in [0.29, 0.717) is 12.3 Å². The molecule has 24 heavy (non-hydrogen) atoms. The molecule has 2 aromatic rings. The van der Waals surface area contributed by atoms with Crippen molar-refractivity contribution in [3.8, 4) is 11.5 Å². The van der Waals surface area contributed by atoms with Crippen molar-refractivity contribution in [3.63, 3.8) is 0 Å². The van der Waals surface area contributed by atoms with Gasteiger partial charge in [0.05, 0.1) is 7.11 Å². The van der Waals surface area contributed by atoms with Crippen molar-refractivity contribution in [3.05, 3.63) is 58.1 Å². The first-order chi connectivity index (χ1) is 11.4. The lowest BCUT2D eigenvalue weighted by atomic mass is 10.2. The zero-order chi connectivity index (χ0) is 17.7. The number of hydrogen-bond acceptors (Lipinski definition) is 3. The lowest BCUT2D eigenvalue weighted by Gasteiger charge is -2.23. The predicted molar refractivity (Wildman–Crippen MR) is 98.4 cm³/mol. The van der Waals surface area contributed by atoms with Gasteiger partial charge in [0.2, 0.25) is 0 Å². The highest BCUT2D eigenvalue weighted by Gasteiger charge is 2.20. The number of rotatable bonds is 6. The Labute approximate surface area is 151 Å². The maximum absolute atomic E-state index is 12.6. The van der Waals surface area contributed by atoms with Crippen LogP contribution < -0.4 is 9.47 Å². The van der Waals surface area contributed by atoms with E-state index in [-0.39, 0.29) is 5.91 Å². The van der Waals surface area contributed by atoms with Crippen molar-refractivity contribution in [2.45, 2.75) is 26.5 Å². The lowest BCUT2D eigenvalue weighted by molar-refractivity contribution is -0.137. The van der Waals surface area contributed by atoms with E-state index in [1.54, 1.807) is 26.0 Å². The summed E-state index contributed by atoms with van der Waals surface area (Å²) in [5, 5.41) is 0. The highest BCUT2D eigenvalue weighted by molar-refractivity contribution is 9.10. The van der Waals surface area contributed by atoms with E-state index in [1.807, 2.05) is 49.4 Å². The van der Waals surface area contributed by atoms with E-state index in [9.17, 15) is 4.79 Å². The van der Waals surface area contributed by atoms with Crippen molar-refractivity contribution < 1.29 is 14.3 Å². The SMILES string of the molecule is COc1ccc(Br)cc1CN(C)C(=O)C(C)Oc1ccc(C)cc1. The van der Waals surface area contributed by atoms with Crippen LogP contribution in [0.4, 0.5) is 0 Å². The summed E-state index contributed by atoms with van der Waals surface area (Å²) in [7, 11) is 3.38. The van der Waals surface area contributed by atoms with Gasteiger partial charge in [-0.2, -0.15) is 0 Å². The van der Waals surface area contributed by atoms with Crippen LogP contribution in [-0.2, 0) is 11.3 Å². The Kier molecular flexibility index (Phi) is 6.26. The molecule has 0 saturated heterocycles. The van der Waals surface area contributed by atoms with Crippen LogP contribution in [0.3, 0.4) is 0 Å². The van der Waals surface area contributed by atoms with Gasteiger partial charge in [-0.1, -0.05) is 33.6 Å². The summed E-state index contributed by atoms with van der Waals surface area (Å²) in [6.45, 7) is 4.22. The Balaban J connectivity index is 2.03. The average Bonchev–Trinajstić information content (AvgIpc) is 2.56. The molecule has 0 heterocycles. The lowest BCUT2D eigenvalue weighted by Crippen LogP contribution is -2.37. The maximum Gasteiger partial charge on any atom is 0.263 e. The van der Waals surface area contributed by atoms with Crippen LogP contribution >= 0.6 is 15.9 Å². The first-order valence-corrected chi connectivity index (χ1v) is 8.50. The summed E-state index contributed by atoms with van der Waals surface area (Å²) >= 11 is 3.45. The molecular weight excluding hydrogens is 370 g/mol. The van der Waals surface area contributed by atoms with E-state index >= 15 is 0 Å². The van der Waals surface area contributed by atoms with Gasteiger partial charge in [-0.15, -0.1) is 0 Å². The molecule has 0 aliphatic carbocycles. The molecule has 0 aliphatic heterocycles. The smallest absolute Gasteiger partial charge is 0.263 e. The van der Waals surface area contributed by atoms with E-state index in [4.69, 9.17) is 9.47 Å². The van der Waals surface area contributed by atoms with Crippen LogP contribution in [0.5, 0.6) is 11.5 Å². The van der Waals surface area contributed by atoms with E-state index in [2.05, 4.69) is 15.9 Å². The van der Waals surface area contributed by atoms with Gasteiger partial charge in [0.15, 0.2) is 6.10 Å². The quantitative estimate of drug-likeness (QED) is 0.740. The van der Waals surface area contributed by atoms with Crippen molar-refractivity contribution in [1.29, 1.82) is 0 Å². The van der Waals surface area contributed by atoms with E-state index in [1.165, 1.54) is 0 Å². The van der Waals surface area contributed by atoms with Gasteiger partial charge >= 0.3 is 0 Å². The fourth-order valence-electron chi connectivity index (χ4n) is 2.39. The maximum atomic E-state index is 12.6. The van der Waals surface area contributed by atoms with Gasteiger partial charge < -0.3 is 14.4 Å². The summed E-state index contributed by atoms with van der Waals surface area (Å²) in [5.74, 6) is 1.36. The molecule has 0 radical (unpaired) electrons. The predicted octanol–water partition coefficient (Wildman–Crippen LogP) is 4.19. The van der Waals surface area contributed by atoms with Gasteiger partial charge in [-0.25, -0.2) is 0 Å². The van der Waals surface area contributed by atoms with Crippen LogP contribution in [0.1, 0.15) is 18.1 Å². The minimum absolute atomic E-state index is 0.0856. The minimum Gasteiger partial charge on any atom is -0.496 e. The molecule has 0 fully saturated rings. The first kappa shape index (κ1) is 18.3. The molecule has 4 nitrogen and oxygen atoms in total. The molecule has 1 amide bonds. The zero-order valence-electron chi connectivity index (χ0n) is 14.4. The van der Waals surface area contributed by atoms with Crippen LogP contribution in [0.2, 0.25) is 0 Å². The fourth-order valence-corrected chi connectivity index (χ4v) is 2.79. The number of carbonyl (C=O) groups excluding carboxylic acids is 1. The monoisotopic (exact) mass is 391 g/mol. The van der Waals surface area contributed by atoms with Crippen molar-refractivity contribution in [1.82, 2.24) is 4.90 Å². The molecule has 0 N–H and O–H groups in total. The highest BCUT2D eigenvalue weighted by atomic mass is 79.9. The number of benzene rings is 2. The van der Waals surface area contributed by atoms with E-state index in [0.717, 1.165) is 21.3 Å². The number of likely N-dealkylation sites (N-methyl/N-ethyl adjacent to an activating group) is 1. The summed E-state index contributed by atoms with van der Waals surface area (Å²) in [5.41, 5.74) is 2.09. The first-order valence-electron chi connectivity index (χ1n) is 7.71. The van der Waals surface area contributed by atoms with Gasteiger partial charge in [-0.3, -0.25) is 4.79 Å². The summed E-state index contributed by atoms with van der Waals surface area (Å²) in [4.78, 5) is 14.2. The Bertz CT molecular complexity index is 700.